The highest BCUT2D eigenvalue weighted by atomic mass is 16.1. The fourth-order valence-corrected chi connectivity index (χ4v) is 2.95. The van der Waals surface area contributed by atoms with Gasteiger partial charge in [0, 0.05) is 18.3 Å². The van der Waals surface area contributed by atoms with Crippen molar-refractivity contribution in [2.45, 2.75) is 69.9 Å². The molecule has 4 heteroatoms. The summed E-state index contributed by atoms with van der Waals surface area (Å²) in [5.41, 5.74) is 0.206. The van der Waals surface area contributed by atoms with Gasteiger partial charge in [-0.05, 0) is 25.7 Å². The van der Waals surface area contributed by atoms with E-state index in [9.17, 15) is 4.79 Å². The molecule has 2 aliphatic rings. The van der Waals surface area contributed by atoms with Crippen LogP contribution in [0.3, 0.4) is 0 Å². The molecule has 1 amide bonds. The summed E-state index contributed by atoms with van der Waals surface area (Å²) >= 11 is 0. The highest BCUT2D eigenvalue weighted by Gasteiger charge is 2.19. The summed E-state index contributed by atoms with van der Waals surface area (Å²) in [5.74, 6) is -0.222. The van der Waals surface area contributed by atoms with Crippen LogP contribution in [-0.4, -0.2) is 18.0 Å². The van der Waals surface area contributed by atoms with E-state index in [2.05, 4.69) is 10.6 Å². The van der Waals surface area contributed by atoms with Crippen molar-refractivity contribution in [1.82, 2.24) is 10.6 Å². The summed E-state index contributed by atoms with van der Waals surface area (Å²) in [5, 5.41) is 15.3. The van der Waals surface area contributed by atoms with Crippen molar-refractivity contribution < 1.29 is 4.79 Å². The third-order valence-corrected chi connectivity index (χ3v) is 4.12. The second-order valence-electron chi connectivity index (χ2n) is 5.63. The SMILES string of the molecule is N#C/C(=C/NC1CCCC1)C(=O)NC1CCCCC1. The first-order chi connectivity index (χ1) is 9.29. The molecule has 0 saturated heterocycles. The molecule has 0 spiro atoms. The third kappa shape index (κ3) is 4.27. The zero-order valence-corrected chi connectivity index (χ0v) is 11.5. The molecule has 2 saturated carbocycles. The fourth-order valence-electron chi connectivity index (χ4n) is 2.95. The van der Waals surface area contributed by atoms with Crippen molar-refractivity contribution in [3.63, 3.8) is 0 Å². The molecule has 0 atom stereocenters. The lowest BCUT2D eigenvalue weighted by Gasteiger charge is -2.22. The van der Waals surface area contributed by atoms with Crippen LogP contribution in [0, 0.1) is 11.3 Å². The zero-order valence-electron chi connectivity index (χ0n) is 11.5. The lowest BCUT2D eigenvalue weighted by Crippen LogP contribution is -2.37. The summed E-state index contributed by atoms with van der Waals surface area (Å²) < 4.78 is 0. The average molecular weight is 261 g/mol. The van der Waals surface area contributed by atoms with Gasteiger partial charge in [0.1, 0.15) is 11.6 Å². The Bertz CT molecular complexity index is 371. The Labute approximate surface area is 115 Å². The van der Waals surface area contributed by atoms with Gasteiger partial charge in [0.2, 0.25) is 0 Å². The maximum atomic E-state index is 12.0. The highest BCUT2D eigenvalue weighted by Crippen LogP contribution is 2.18. The Hall–Kier alpha value is -1.50. The van der Waals surface area contributed by atoms with E-state index in [0.29, 0.717) is 6.04 Å². The van der Waals surface area contributed by atoms with Crippen LogP contribution in [0.15, 0.2) is 11.8 Å². The minimum absolute atomic E-state index is 0.206. The second-order valence-corrected chi connectivity index (χ2v) is 5.63. The maximum absolute atomic E-state index is 12.0. The first kappa shape index (κ1) is 13.9. The first-order valence-electron chi connectivity index (χ1n) is 7.47. The van der Waals surface area contributed by atoms with Crippen molar-refractivity contribution in [3.05, 3.63) is 11.8 Å². The topological polar surface area (TPSA) is 64.9 Å². The number of nitrogens with one attached hydrogen (secondary N) is 2. The van der Waals surface area contributed by atoms with Crippen LogP contribution in [0.2, 0.25) is 0 Å². The maximum Gasteiger partial charge on any atom is 0.263 e. The van der Waals surface area contributed by atoms with E-state index in [0.717, 1.165) is 25.7 Å². The smallest absolute Gasteiger partial charge is 0.263 e. The van der Waals surface area contributed by atoms with Crippen molar-refractivity contribution in [3.8, 4) is 6.07 Å². The molecule has 0 aromatic heterocycles. The molecule has 2 fully saturated rings. The van der Waals surface area contributed by atoms with Crippen LogP contribution >= 0.6 is 0 Å². The van der Waals surface area contributed by atoms with Crippen molar-refractivity contribution in [2.24, 2.45) is 0 Å². The molecular formula is C15H23N3O. The summed E-state index contributed by atoms with van der Waals surface area (Å²) in [6, 6.07) is 2.69. The molecule has 0 unspecified atom stereocenters. The number of amides is 1. The highest BCUT2D eigenvalue weighted by molar-refractivity contribution is 5.97. The molecule has 19 heavy (non-hydrogen) atoms. The largest absolute Gasteiger partial charge is 0.387 e. The van der Waals surface area contributed by atoms with Gasteiger partial charge in [0.05, 0.1) is 0 Å². The minimum atomic E-state index is -0.222. The van der Waals surface area contributed by atoms with E-state index in [1.807, 2.05) is 6.07 Å². The fraction of sp³-hybridized carbons (Fsp3) is 0.733. The lowest BCUT2D eigenvalue weighted by atomic mass is 9.95. The number of nitriles is 1. The van der Waals surface area contributed by atoms with Crippen LogP contribution in [0.5, 0.6) is 0 Å². The Balaban J connectivity index is 1.83. The Morgan fingerprint density at radius 3 is 2.21 bits per heavy atom. The first-order valence-corrected chi connectivity index (χ1v) is 7.47. The van der Waals surface area contributed by atoms with Crippen LogP contribution in [0.25, 0.3) is 0 Å². The predicted molar refractivity (Wildman–Crippen MR) is 74.1 cm³/mol. The number of carbonyl (C=O) groups is 1. The monoisotopic (exact) mass is 261 g/mol. The number of nitrogens with zero attached hydrogens (tertiary/aromatic N) is 1. The molecule has 0 aliphatic heterocycles. The van der Waals surface area contributed by atoms with Gasteiger partial charge in [-0.15, -0.1) is 0 Å². The van der Waals surface area contributed by atoms with Gasteiger partial charge in [-0.2, -0.15) is 5.26 Å². The van der Waals surface area contributed by atoms with E-state index in [1.165, 1.54) is 32.1 Å². The van der Waals surface area contributed by atoms with Gasteiger partial charge in [-0.3, -0.25) is 4.79 Å². The molecule has 104 valence electrons. The van der Waals surface area contributed by atoms with E-state index in [1.54, 1.807) is 6.20 Å². The Morgan fingerprint density at radius 1 is 1.00 bits per heavy atom. The number of hydrogen-bond acceptors (Lipinski definition) is 3. The van der Waals surface area contributed by atoms with Crippen molar-refractivity contribution in [2.75, 3.05) is 0 Å². The molecule has 4 nitrogen and oxygen atoms in total. The number of carbonyl (C=O) groups excluding carboxylic acids is 1. The lowest BCUT2D eigenvalue weighted by molar-refractivity contribution is -0.118. The van der Waals surface area contributed by atoms with Gasteiger partial charge in [-0.25, -0.2) is 0 Å². The molecule has 2 N–H and O–H groups in total. The second kappa shape index (κ2) is 7.18. The number of hydrogen-bond donors (Lipinski definition) is 2. The minimum Gasteiger partial charge on any atom is -0.387 e. The molecule has 0 aromatic rings. The van der Waals surface area contributed by atoms with E-state index in [4.69, 9.17) is 5.26 Å². The summed E-state index contributed by atoms with van der Waals surface area (Å²) in [7, 11) is 0. The quantitative estimate of drug-likeness (QED) is 0.603. The Morgan fingerprint density at radius 2 is 1.58 bits per heavy atom. The van der Waals surface area contributed by atoms with Crippen molar-refractivity contribution in [1.29, 1.82) is 5.26 Å². The number of rotatable bonds is 4. The summed E-state index contributed by atoms with van der Waals surface area (Å²) in [6.45, 7) is 0. The standard InChI is InChI=1S/C15H23N3O/c16-10-12(11-17-13-6-4-5-7-13)15(19)18-14-8-2-1-3-9-14/h11,13-14,17H,1-9H2,(H,18,19)/b12-11-. The van der Waals surface area contributed by atoms with E-state index in [-0.39, 0.29) is 17.5 Å². The molecular weight excluding hydrogens is 238 g/mol. The van der Waals surface area contributed by atoms with Crippen LogP contribution in [0.4, 0.5) is 0 Å². The van der Waals surface area contributed by atoms with E-state index >= 15 is 0 Å². The molecule has 0 radical (unpaired) electrons. The van der Waals surface area contributed by atoms with Crippen LogP contribution < -0.4 is 10.6 Å². The van der Waals surface area contributed by atoms with E-state index < -0.39 is 0 Å². The predicted octanol–water partition coefficient (Wildman–Crippen LogP) is 2.37. The molecule has 2 aliphatic carbocycles. The van der Waals surface area contributed by atoms with Gasteiger partial charge in [-0.1, -0.05) is 32.1 Å². The average Bonchev–Trinajstić information content (AvgIpc) is 2.94. The van der Waals surface area contributed by atoms with Crippen LogP contribution in [0.1, 0.15) is 57.8 Å². The molecule has 0 aromatic carbocycles. The van der Waals surface area contributed by atoms with Crippen molar-refractivity contribution >= 4 is 5.91 Å². The third-order valence-electron chi connectivity index (χ3n) is 4.12. The van der Waals surface area contributed by atoms with Crippen LogP contribution in [-0.2, 0) is 4.79 Å². The molecule has 0 heterocycles. The van der Waals surface area contributed by atoms with Gasteiger partial charge < -0.3 is 10.6 Å². The normalized spacial score (nSPS) is 21.9. The summed E-state index contributed by atoms with van der Waals surface area (Å²) in [4.78, 5) is 12.0. The Kier molecular flexibility index (Phi) is 5.26. The van der Waals surface area contributed by atoms with Gasteiger partial charge >= 0.3 is 0 Å². The van der Waals surface area contributed by atoms with Gasteiger partial charge in [0.15, 0.2) is 0 Å². The molecule has 2 rings (SSSR count). The summed E-state index contributed by atoms with van der Waals surface area (Å²) in [6.07, 6.45) is 12.1. The molecule has 0 bridgehead atoms. The van der Waals surface area contributed by atoms with Gasteiger partial charge in [0.25, 0.3) is 5.91 Å². The zero-order chi connectivity index (χ0) is 13.5.